The van der Waals surface area contributed by atoms with Crippen LogP contribution in [-0.2, 0) is 4.79 Å². The number of carboxylic acid groups (broad SMARTS) is 1. The summed E-state index contributed by atoms with van der Waals surface area (Å²) in [4.78, 5) is 16.5. The average Bonchev–Trinajstić information content (AvgIpc) is 2.47. The third kappa shape index (κ3) is 6.78. The lowest BCUT2D eigenvalue weighted by molar-refractivity contribution is -0.122. The predicted molar refractivity (Wildman–Crippen MR) is 97.2 cm³/mol. The minimum Gasteiger partial charge on any atom is -0.483 e. The molecule has 0 unspecified atom stereocenters. The summed E-state index contributed by atoms with van der Waals surface area (Å²) in [5, 5.41) is 10.3. The van der Waals surface area contributed by atoms with Crippen LogP contribution in [0.1, 0.15) is 20.8 Å². The molecule has 24 heavy (non-hydrogen) atoms. The quantitative estimate of drug-likeness (QED) is 0.389. The fourth-order valence-electron chi connectivity index (χ4n) is 1.93. The third-order valence-corrected chi connectivity index (χ3v) is 2.73. The van der Waals surface area contributed by atoms with Crippen LogP contribution in [0.2, 0.25) is 0 Å². The van der Waals surface area contributed by atoms with Crippen LogP contribution in [0.15, 0.2) is 47.6 Å². The Hall–Kier alpha value is -3.09. The second-order valence-electron chi connectivity index (χ2n) is 6.00. The molecule has 0 amide bonds. The van der Waals surface area contributed by atoms with Crippen molar-refractivity contribution in [1.29, 1.82) is 0 Å². The van der Waals surface area contributed by atoms with Crippen LogP contribution < -0.4 is 16.8 Å². The Labute approximate surface area is 141 Å². The number of pyridine rings is 1. The molecule has 0 aliphatic carbocycles. The van der Waals surface area contributed by atoms with Gasteiger partial charge in [-0.15, -0.1) is 0 Å². The van der Waals surface area contributed by atoms with E-state index in [1.807, 2.05) is 6.07 Å². The lowest BCUT2D eigenvalue weighted by atomic mass is 10.1. The second-order valence-corrected chi connectivity index (χ2v) is 6.00. The van der Waals surface area contributed by atoms with Crippen LogP contribution in [0.4, 0.5) is 11.5 Å². The number of rotatable bonds is 3. The van der Waals surface area contributed by atoms with Crippen molar-refractivity contribution in [2.45, 2.75) is 26.3 Å². The maximum atomic E-state index is 8.36. The van der Waals surface area contributed by atoms with Crippen molar-refractivity contribution in [1.82, 2.24) is 4.98 Å². The molecule has 0 fully saturated rings. The van der Waals surface area contributed by atoms with Gasteiger partial charge < -0.3 is 21.9 Å². The van der Waals surface area contributed by atoms with E-state index in [-0.39, 0.29) is 18.0 Å². The number of aromatic nitrogens is 1. The zero-order valence-electron chi connectivity index (χ0n) is 14.0. The average molecular weight is 329 g/mol. The molecule has 0 bridgehead atoms. The molecular weight excluding hydrogens is 306 g/mol. The molecular formula is C17H23N5O2. The lowest BCUT2D eigenvalue weighted by Gasteiger charge is -2.22. The van der Waals surface area contributed by atoms with Crippen LogP contribution in [-0.4, -0.2) is 28.1 Å². The Bertz CT molecular complexity index is 670. The van der Waals surface area contributed by atoms with Gasteiger partial charge in [0.05, 0.1) is 0 Å². The number of nitrogens with one attached hydrogen (secondary N) is 1. The SMILES string of the molecule is CC(C)(C)Nc1ccc(-c2ccc(N=C(N)N)nc2)cc1.O=CO. The highest BCUT2D eigenvalue weighted by atomic mass is 16.3. The van der Waals surface area contributed by atoms with Gasteiger partial charge in [0.15, 0.2) is 11.8 Å². The Kier molecular flexibility index (Phi) is 6.73. The summed E-state index contributed by atoms with van der Waals surface area (Å²) < 4.78 is 0. The molecule has 128 valence electrons. The lowest BCUT2D eigenvalue weighted by Crippen LogP contribution is -2.25. The number of aliphatic imine (C=N–C) groups is 1. The van der Waals surface area contributed by atoms with Gasteiger partial charge in [0.1, 0.15) is 0 Å². The van der Waals surface area contributed by atoms with E-state index in [4.69, 9.17) is 21.4 Å². The fourth-order valence-corrected chi connectivity index (χ4v) is 1.93. The van der Waals surface area contributed by atoms with Crippen LogP contribution in [0.3, 0.4) is 0 Å². The summed E-state index contributed by atoms with van der Waals surface area (Å²) in [6, 6.07) is 12.0. The van der Waals surface area contributed by atoms with E-state index in [0.717, 1.165) is 16.8 Å². The predicted octanol–water partition coefficient (Wildman–Crippen LogP) is 2.56. The van der Waals surface area contributed by atoms with Gasteiger partial charge in [-0.3, -0.25) is 4.79 Å². The maximum Gasteiger partial charge on any atom is 0.290 e. The number of benzene rings is 1. The van der Waals surface area contributed by atoms with Crippen LogP contribution in [0.5, 0.6) is 0 Å². The number of hydrogen-bond donors (Lipinski definition) is 4. The zero-order chi connectivity index (χ0) is 18.2. The van der Waals surface area contributed by atoms with Gasteiger partial charge in [-0.05, 0) is 50.6 Å². The number of nitrogens with zero attached hydrogens (tertiary/aromatic N) is 2. The van der Waals surface area contributed by atoms with E-state index in [1.54, 1.807) is 12.3 Å². The summed E-state index contributed by atoms with van der Waals surface area (Å²) in [6.07, 6.45) is 1.76. The maximum absolute atomic E-state index is 8.36. The molecule has 7 nitrogen and oxygen atoms in total. The minimum absolute atomic E-state index is 0.00728. The number of carbonyl (C=O) groups is 1. The van der Waals surface area contributed by atoms with Gasteiger partial charge in [0.2, 0.25) is 0 Å². The summed E-state index contributed by atoms with van der Waals surface area (Å²) in [7, 11) is 0. The third-order valence-electron chi connectivity index (χ3n) is 2.73. The highest BCUT2D eigenvalue weighted by molar-refractivity contribution is 5.78. The molecule has 0 aliphatic rings. The van der Waals surface area contributed by atoms with Gasteiger partial charge in [0.25, 0.3) is 6.47 Å². The normalized spacial score (nSPS) is 10.1. The largest absolute Gasteiger partial charge is 0.483 e. The first-order valence-electron chi connectivity index (χ1n) is 7.27. The summed E-state index contributed by atoms with van der Waals surface area (Å²) >= 11 is 0. The molecule has 2 rings (SSSR count). The molecule has 1 aromatic heterocycles. The molecule has 1 heterocycles. The standard InChI is InChI=1S/C16H21N5.CH2O2/c1-16(2,3)21-13-7-4-11(5-8-13)12-6-9-14(19-10-12)20-15(17)18;2-1-3/h4-10,21H,1-3H3,(H4,17,18,19,20);1H,(H,2,3). The Morgan fingerprint density at radius 1 is 1.12 bits per heavy atom. The van der Waals surface area contributed by atoms with Crippen LogP contribution in [0, 0.1) is 0 Å². The van der Waals surface area contributed by atoms with Crippen molar-refractivity contribution < 1.29 is 9.90 Å². The molecule has 7 heteroatoms. The smallest absolute Gasteiger partial charge is 0.290 e. The number of guanidine groups is 1. The van der Waals surface area contributed by atoms with Gasteiger partial charge in [-0.2, -0.15) is 4.99 Å². The molecule has 0 radical (unpaired) electrons. The van der Waals surface area contributed by atoms with Crippen molar-refractivity contribution >= 4 is 23.9 Å². The first-order valence-corrected chi connectivity index (χ1v) is 7.27. The molecule has 2 aromatic rings. The number of anilines is 1. The zero-order valence-corrected chi connectivity index (χ0v) is 14.0. The van der Waals surface area contributed by atoms with Crippen molar-refractivity contribution in [2.24, 2.45) is 16.5 Å². The van der Waals surface area contributed by atoms with Crippen molar-refractivity contribution in [3.8, 4) is 11.1 Å². The number of hydrogen-bond acceptors (Lipinski definition) is 4. The second kappa shape index (κ2) is 8.52. The topological polar surface area (TPSA) is 127 Å². The van der Waals surface area contributed by atoms with Crippen molar-refractivity contribution in [3.63, 3.8) is 0 Å². The highest BCUT2D eigenvalue weighted by Crippen LogP contribution is 2.23. The van der Waals surface area contributed by atoms with Gasteiger partial charge in [-0.25, -0.2) is 4.98 Å². The first-order chi connectivity index (χ1) is 11.2. The van der Waals surface area contributed by atoms with Crippen molar-refractivity contribution in [2.75, 3.05) is 5.32 Å². The Balaban J connectivity index is 0.000000891. The first kappa shape index (κ1) is 19.0. The summed E-state index contributed by atoms with van der Waals surface area (Å²) in [6.45, 7) is 6.15. The number of nitrogens with two attached hydrogens (primary N) is 2. The molecule has 1 aromatic carbocycles. The van der Waals surface area contributed by atoms with Crippen molar-refractivity contribution in [3.05, 3.63) is 42.6 Å². The highest BCUT2D eigenvalue weighted by Gasteiger charge is 2.09. The molecule has 0 saturated carbocycles. The van der Waals surface area contributed by atoms with Crippen LogP contribution >= 0.6 is 0 Å². The van der Waals surface area contributed by atoms with E-state index in [0.29, 0.717) is 5.82 Å². The van der Waals surface area contributed by atoms with E-state index in [1.165, 1.54) is 0 Å². The molecule has 0 atom stereocenters. The molecule has 6 N–H and O–H groups in total. The monoisotopic (exact) mass is 329 g/mol. The van der Waals surface area contributed by atoms with Gasteiger partial charge >= 0.3 is 0 Å². The van der Waals surface area contributed by atoms with Crippen LogP contribution in [0.25, 0.3) is 11.1 Å². The molecule has 0 saturated heterocycles. The molecule has 0 spiro atoms. The Morgan fingerprint density at radius 3 is 2.08 bits per heavy atom. The van der Waals surface area contributed by atoms with Gasteiger partial charge in [-0.1, -0.05) is 12.1 Å². The summed E-state index contributed by atoms with van der Waals surface area (Å²) in [5.74, 6) is 0.512. The van der Waals surface area contributed by atoms with E-state index in [2.05, 4.69) is 60.3 Å². The fraction of sp³-hybridized carbons (Fsp3) is 0.235. The van der Waals surface area contributed by atoms with E-state index < -0.39 is 0 Å². The molecule has 0 aliphatic heterocycles. The Morgan fingerprint density at radius 2 is 1.67 bits per heavy atom. The van der Waals surface area contributed by atoms with Gasteiger partial charge in [0, 0.05) is 23.0 Å². The van der Waals surface area contributed by atoms with E-state index >= 15 is 0 Å². The minimum atomic E-state index is -0.250. The van der Waals surface area contributed by atoms with E-state index in [9.17, 15) is 0 Å². The summed E-state index contributed by atoms with van der Waals surface area (Å²) in [5.41, 5.74) is 13.9.